The molecule has 7 heteroatoms. The van der Waals surface area contributed by atoms with E-state index in [0.29, 0.717) is 25.0 Å². The van der Waals surface area contributed by atoms with Crippen LogP contribution in [0, 0.1) is 0 Å². The van der Waals surface area contributed by atoms with E-state index in [4.69, 9.17) is 46.9 Å². The normalized spacial score (nSPS) is 28.6. The summed E-state index contributed by atoms with van der Waals surface area (Å²) in [6.45, 7) is 8.50. The number of hydrogen-bond acceptors (Lipinski definition) is 5. The fourth-order valence-electron chi connectivity index (χ4n) is 3.77. The lowest BCUT2D eigenvalue weighted by atomic mass is 10.0. The zero-order valence-corrected chi connectivity index (χ0v) is 20.4. The highest BCUT2D eigenvalue weighted by atomic mass is 35.5. The third-order valence-corrected chi connectivity index (χ3v) is 6.81. The Labute approximate surface area is 187 Å². The fourth-order valence-corrected chi connectivity index (χ4v) is 4.36. The van der Waals surface area contributed by atoms with Crippen molar-refractivity contribution in [3.8, 4) is 0 Å². The van der Waals surface area contributed by atoms with Gasteiger partial charge in [-0.05, 0) is 66.2 Å². The number of ether oxygens (including phenoxy) is 5. The first-order valence-electron chi connectivity index (χ1n) is 10.9. The zero-order chi connectivity index (χ0) is 21.7. The molecule has 29 heavy (non-hydrogen) atoms. The predicted molar refractivity (Wildman–Crippen MR) is 117 cm³/mol. The highest BCUT2D eigenvalue weighted by molar-refractivity contribution is 6.20. The van der Waals surface area contributed by atoms with Crippen LogP contribution in [-0.4, -0.2) is 61.0 Å². The molecule has 0 aromatic carbocycles. The molecule has 6 atom stereocenters. The maximum absolute atomic E-state index is 6.51. The SMILES string of the molecule is COC(CC(Cl)CCCC1OC1(C)C)OC(CC(Cl)CCCC1OC1(C)C)OC. The van der Waals surface area contributed by atoms with Crippen LogP contribution in [0.5, 0.6) is 0 Å². The molecular formula is C22H40Cl2O5. The fraction of sp³-hybridized carbons (Fsp3) is 1.00. The Morgan fingerprint density at radius 3 is 1.38 bits per heavy atom. The number of alkyl halides is 2. The molecule has 172 valence electrons. The van der Waals surface area contributed by atoms with Crippen molar-refractivity contribution >= 4 is 23.2 Å². The second-order valence-electron chi connectivity index (χ2n) is 9.41. The Bertz CT molecular complexity index is 446. The molecule has 0 aliphatic carbocycles. The predicted octanol–water partition coefficient (Wildman–Crippen LogP) is 5.64. The lowest BCUT2D eigenvalue weighted by molar-refractivity contribution is -0.233. The first-order valence-corrected chi connectivity index (χ1v) is 11.8. The summed E-state index contributed by atoms with van der Waals surface area (Å²) < 4.78 is 28.2. The maximum atomic E-state index is 6.51. The van der Waals surface area contributed by atoms with Crippen LogP contribution in [0.3, 0.4) is 0 Å². The van der Waals surface area contributed by atoms with Gasteiger partial charge >= 0.3 is 0 Å². The van der Waals surface area contributed by atoms with E-state index in [2.05, 4.69) is 27.7 Å². The van der Waals surface area contributed by atoms with Crippen molar-refractivity contribution in [3.63, 3.8) is 0 Å². The van der Waals surface area contributed by atoms with Gasteiger partial charge in [0.05, 0.1) is 23.4 Å². The maximum Gasteiger partial charge on any atom is 0.161 e. The van der Waals surface area contributed by atoms with E-state index in [1.807, 2.05) is 0 Å². The summed E-state index contributed by atoms with van der Waals surface area (Å²) >= 11 is 13.0. The first kappa shape index (κ1) is 25.6. The Balaban J connectivity index is 1.60. The summed E-state index contributed by atoms with van der Waals surface area (Å²) in [6.07, 6.45) is 7.18. The Morgan fingerprint density at radius 2 is 1.10 bits per heavy atom. The van der Waals surface area contributed by atoms with Crippen molar-refractivity contribution in [1.29, 1.82) is 0 Å². The van der Waals surface area contributed by atoms with Crippen molar-refractivity contribution in [3.05, 3.63) is 0 Å². The van der Waals surface area contributed by atoms with Crippen LogP contribution < -0.4 is 0 Å². The van der Waals surface area contributed by atoms with Gasteiger partial charge in [-0.3, -0.25) is 0 Å². The lowest BCUT2D eigenvalue weighted by Crippen LogP contribution is -2.29. The van der Waals surface area contributed by atoms with Crippen LogP contribution >= 0.6 is 23.2 Å². The van der Waals surface area contributed by atoms with Crippen molar-refractivity contribution in [2.24, 2.45) is 0 Å². The second kappa shape index (κ2) is 11.3. The third kappa shape index (κ3) is 9.18. The van der Waals surface area contributed by atoms with Crippen LogP contribution in [0.4, 0.5) is 0 Å². The number of rotatable bonds is 16. The Morgan fingerprint density at radius 1 is 0.759 bits per heavy atom. The molecule has 0 N–H and O–H groups in total. The quantitative estimate of drug-likeness (QED) is 0.171. The molecule has 0 aromatic rings. The molecule has 5 nitrogen and oxygen atoms in total. The third-order valence-electron chi connectivity index (χ3n) is 6.02. The van der Waals surface area contributed by atoms with Gasteiger partial charge in [-0.2, -0.15) is 0 Å². The molecule has 0 aromatic heterocycles. The van der Waals surface area contributed by atoms with E-state index in [1.165, 1.54) is 0 Å². The van der Waals surface area contributed by atoms with Gasteiger partial charge in [0.15, 0.2) is 12.6 Å². The molecule has 2 rings (SSSR count). The highest BCUT2D eigenvalue weighted by Crippen LogP contribution is 2.39. The minimum absolute atomic E-state index is 0.00647. The van der Waals surface area contributed by atoms with Crippen LogP contribution in [0.15, 0.2) is 0 Å². The molecule has 2 saturated heterocycles. The molecule has 2 aliphatic rings. The Hall–Kier alpha value is 0.380. The molecule has 0 saturated carbocycles. The summed E-state index contributed by atoms with van der Waals surface area (Å²) in [5.41, 5.74) is 0.0946. The largest absolute Gasteiger partial charge is 0.367 e. The average molecular weight is 455 g/mol. The number of hydrogen-bond donors (Lipinski definition) is 0. The summed E-state index contributed by atoms with van der Waals surface area (Å²) in [5, 5.41) is -0.0129. The number of halogens is 2. The van der Waals surface area contributed by atoms with E-state index in [1.54, 1.807) is 14.2 Å². The highest BCUT2D eigenvalue weighted by Gasteiger charge is 2.47. The van der Waals surface area contributed by atoms with Gasteiger partial charge in [-0.1, -0.05) is 0 Å². The van der Waals surface area contributed by atoms with Crippen molar-refractivity contribution in [1.82, 2.24) is 0 Å². The topological polar surface area (TPSA) is 52.8 Å². The van der Waals surface area contributed by atoms with Gasteiger partial charge in [0.2, 0.25) is 0 Å². The first-order chi connectivity index (χ1) is 13.6. The lowest BCUT2D eigenvalue weighted by Gasteiger charge is -2.25. The number of epoxide rings is 2. The number of methoxy groups -OCH3 is 2. The monoisotopic (exact) mass is 454 g/mol. The van der Waals surface area contributed by atoms with E-state index in [9.17, 15) is 0 Å². The molecule has 0 bridgehead atoms. The zero-order valence-electron chi connectivity index (χ0n) is 18.9. The van der Waals surface area contributed by atoms with E-state index >= 15 is 0 Å². The van der Waals surface area contributed by atoms with Gasteiger partial charge in [-0.25, -0.2) is 0 Å². The smallest absolute Gasteiger partial charge is 0.161 e. The minimum atomic E-state index is -0.402. The van der Waals surface area contributed by atoms with Crippen molar-refractivity contribution < 1.29 is 23.7 Å². The molecule has 2 fully saturated rings. The van der Waals surface area contributed by atoms with Crippen LogP contribution in [0.1, 0.15) is 79.1 Å². The van der Waals surface area contributed by atoms with Gasteiger partial charge in [-0.15, -0.1) is 23.2 Å². The summed E-state index contributed by atoms with van der Waals surface area (Å²) in [4.78, 5) is 0. The minimum Gasteiger partial charge on any atom is -0.367 e. The molecule has 0 radical (unpaired) electrons. The van der Waals surface area contributed by atoms with E-state index < -0.39 is 12.6 Å². The summed E-state index contributed by atoms with van der Waals surface area (Å²) in [5.74, 6) is 0. The second-order valence-corrected chi connectivity index (χ2v) is 10.6. The molecule has 2 heterocycles. The molecule has 0 spiro atoms. The van der Waals surface area contributed by atoms with Crippen LogP contribution in [-0.2, 0) is 23.7 Å². The molecular weight excluding hydrogens is 415 g/mol. The van der Waals surface area contributed by atoms with Crippen LogP contribution in [0.25, 0.3) is 0 Å². The summed E-state index contributed by atoms with van der Waals surface area (Å²) in [6, 6.07) is 0. The van der Waals surface area contributed by atoms with E-state index in [0.717, 1.165) is 38.5 Å². The Kier molecular flexibility index (Phi) is 10.00. The van der Waals surface area contributed by atoms with Crippen molar-refractivity contribution in [2.75, 3.05) is 14.2 Å². The average Bonchev–Trinajstić information content (AvgIpc) is 3.46. The summed E-state index contributed by atoms with van der Waals surface area (Å²) in [7, 11) is 3.27. The van der Waals surface area contributed by atoms with Crippen molar-refractivity contribution in [2.45, 2.75) is 126 Å². The van der Waals surface area contributed by atoms with E-state index in [-0.39, 0.29) is 22.0 Å². The van der Waals surface area contributed by atoms with Crippen LogP contribution in [0.2, 0.25) is 0 Å². The standard InChI is InChI=1S/C22H40Cl2O5/c1-21(2)17(28-21)11-7-9-15(23)13-19(25-5)27-20(26-6)14-16(24)10-8-12-18-22(3,4)29-18/h15-20H,7-14H2,1-6H3. The van der Waals surface area contributed by atoms with Gasteiger partial charge in [0, 0.05) is 37.8 Å². The van der Waals surface area contributed by atoms with Gasteiger partial charge in [0.1, 0.15) is 0 Å². The molecule has 6 unspecified atom stereocenters. The molecule has 2 aliphatic heterocycles. The molecule has 0 amide bonds. The van der Waals surface area contributed by atoms with Gasteiger partial charge in [0.25, 0.3) is 0 Å². The van der Waals surface area contributed by atoms with Gasteiger partial charge < -0.3 is 23.7 Å².